The van der Waals surface area contributed by atoms with Crippen molar-refractivity contribution < 1.29 is 0 Å². The van der Waals surface area contributed by atoms with E-state index >= 15 is 0 Å². The van der Waals surface area contributed by atoms with Gasteiger partial charge in [-0.1, -0.05) is 41.0 Å². The summed E-state index contributed by atoms with van der Waals surface area (Å²) in [6.07, 6.45) is 4.91. The van der Waals surface area contributed by atoms with Gasteiger partial charge in [-0.15, -0.1) is 0 Å². The summed E-state index contributed by atoms with van der Waals surface area (Å²) in [5.41, 5.74) is 1.45. The van der Waals surface area contributed by atoms with E-state index < -0.39 is 0 Å². The second-order valence-electron chi connectivity index (χ2n) is 4.42. The minimum atomic E-state index is 0.689. The zero-order valence-electron chi connectivity index (χ0n) is 10.4. The Labute approximate surface area is 91.6 Å². The molecule has 14 heavy (non-hydrogen) atoms. The summed E-state index contributed by atoms with van der Waals surface area (Å²) in [6, 6.07) is 0. The van der Waals surface area contributed by atoms with Crippen LogP contribution >= 0.6 is 8.73 Å². The molecule has 0 radical (unpaired) electrons. The predicted octanol–water partition coefficient (Wildman–Crippen LogP) is 4.52. The van der Waals surface area contributed by atoms with Gasteiger partial charge in [0, 0.05) is 14.4 Å². The van der Waals surface area contributed by atoms with Gasteiger partial charge in [-0.2, -0.15) is 0 Å². The van der Waals surface area contributed by atoms with Crippen LogP contribution in [0.1, 0.15) is 53.9 Å². The normalized spacial score (nSPS) is 15.7. The average Bonchev–Trinajstić information content (AvgIpc) is 2.15. The van der Waals surface area contributed by atoms with Crippen LogP contribution in [0, 0.1) is 11.8 Å². The minimum Gasteiger partial charge on any atom is -0.273 e. The molecule has 0 N–H and O–H groups in total. The SMILES string of the molecule is CCCC(=NPCC(C)C)C(C)CC. The van der Waals surface area contributed by atoms with Gasteiger partial charge in [-0.05, 0) is 30.8 Å². The monoisotopic (exact) mass is 215 g/mol. The van der Waals surface area contributed by atoms with Crippen molar-refractivity contribution in [2.75, 3.05) is 6.16 Å². The average molecular weight is 215 g/mol. The topological polar surface area (TPSA) is 12.4 Å². The van der Waals surface area contributed by atoms with Crippen molar-refractivity contribution in [3.63, 3.8) is 0 Å². The van der Waals surface area contributed by atoms with Gasteiger partial charge < -0.3 is 0 Å². The molecule has 0 aliphatic rings. The standard InChI is InChI=1S/C12H26NP/c1-6-8-12(11(5)7-2)13-14-9-10(3)4/h10-11,14H,6-9H2,1-5H3. The first-order valence-electron chi connectivity index (χ1n) is 5.91. The van der Waals surface area contributed by atoms with Crippen molar-refractivity contribution in [2.24, 2.45) is 16.6 Å². The van der Waals surface area contributed by atoms with Gasteiger partial charge in [0.15, 0.2) is 0 Å². The Morgan fingerprint density at radius 3 is 2.29 bits per heavy atom. The summed E-state index contributed by atoms with van der Waals surface area (Å²) >= 11 is 0. The highest BCUT2D eigenvalue weighted by molar-refractivity contribution is 7.36. The molecular formula is C12H26NP. The summed E-state index contributed by atoms with van der Waals surface area (Å²) in [5, 5.41) is 0. The van der Waals surface area contributed by atoms with E-state index in [9.17, 15) is 0 Å². The lowest BCUT2D eigenvalue weighted by molar-refractivity contribution is 0.717. The Morgan fingerprint density at radius 2 is 1.86 bits per heavy atom. The maximum absolute atomic E-state index is 4.77. The molecular weight excluding hydrogens is 189 g/mol. The third-order valence-corrected chi connectivity index (χ3v) is 3.85. The molecule has 84 valence electrons. The van der Waals surface area contributed by atoms with Crippen molar-refractivity contribution in [3.8, 4) is 0 Å². The molecule has 0 heterocycles. The lowest BCUT2D eigenvalue weighted by Gasteiger charge is -2.12. The number of hydrogen-bond donors (Lipinski definition) is 0. The van der Waals surface area contributed by atoms with E-state index in [1.807, 2.05) is 0 Å². The number of rotatable bonds is 7. The molecule has 1 nitrogen and oxygen atoms in total. The zero-order chi connectivity index (χ0) is 11.0. The zero-order valence-corrected chi connectivity index (χ0v) is 11.4. The molecule has 0 aromatic carbocycles. The van der Waals surface area contributed by atoms with Gasteiger partial charge in [0.1, 0.15) is 0 Å². The summed E-state index contributed by atoms with van der Waals surface area (Å²) in [7, 11) is 0.786. The maximum atomic E-state index is 4.77. The lowest BCUT2D eigenvalue weighted by Crippen LogP contribution is -2.09. The van der Waals surface area contributed by atoms with Gasteiger partial charge in [-0.3, -0.25) is 4.76 Å². The number of hydrogen-bond acceptors (Lipinski definition) is 1. The molecule has 0 spiro atoms. The molecule has 2 unspecified atom stereocenters. The quantitative estimate of drug-likeness (QED) is 0.437. The second kappa shape index (κ2) is 8.41. The first-order valence-corrected chi connectivity index (χ1v) is 7.06. The van der Waals surface area contributed by atoms with Gasteiger partial charge in [-0.25, -0.2) is 0 Å². The van der Waals surface area contributed by atoms with E-state index in [2.05, 4.69) is 34.6 Å². The van der Waals surface area contributed by atoms with Crippen LogP contribution in [0.15, 0.2) is 4.76 Å². The van der Waals surface area contributed by atoms with E-state index in [-0.39, 0.29) is 0 Å². The molecule has 0 aromatic heterocycles. The van der Waals surface area contributed by atoms with Gasteiger partial charge >= 0.3 is 0 Å². The molecule has 0 fully saturated rings. The molecule has 0 rings (SSSR count). The first-order chi connectivity index (χ1) is 6.61. The summed E-state index contributed by atoms with van der Waals surface area (Å²) in [6.45, 7) is 11.3. The number of nitrogens with zero attached hydrogens (tertiary/aromatic N) is 1. The largest absolute Gasteiger partial charge is 0.273 e. The van der Waals surface area contributed by atoms with Crippen molar-refractivity contribution in [1.82, 2.24) is 0 Å². The van der Waals surface area contributed by atoms with Crippen LogP contribution in [-0.2, 0) is 0 Å². The van der Waals surface area contributed by atoms with Gasteiger partial charge in [0.05, 0.1) is 0 Å². The molecule has 0 saturated heterocycles. The third-order valence-electron chi connectivity index (χ3n) is 2.41. The maximum Gasteiger partial charge on any atom is 0.0192 e. The lowest BCUT2D eigenvalue weighted by atomic mass is 9.99. The highest BCUT2D eigenvalue weighted by atomic mass is 31.1. The highest BCUT2D eigenvalue weighted by Gasteiger charge is 2.06. The van der Waals surface area contributed by atoms with Crippen LogP contribution in [-0.4, -0.2) is 11.9 Å². The van der Waals surface area contributed by atoms with Crippen LogP contribution in [0.2, 0.25) is 0 Å². The molecule has 0 aromatic rings. The molecule has 2 atom stereocenters. The predicted molar refractivity (Wildman–Crippen MR) is 69.8 cm³/mol. The van der Waals surface area contributed by atoms with Gasteiger partial charge in [0.2, 0.25) is 0 Å². The van der Waals surface area contributed by atoms with E-state index in [1.54, 1.807) is 0 Å². The summed E-state index contributed by atoms with van der Waals surface area (Å²) in [4.78, 5) is 0. The molecule has 0 amide bonds. The Kier molecular flexibility index (Phi) is 8.47. The molecule has 0 aliphatic carbocycles. The molecule has 2 heteroatoms. The fraction of sp³-hybridized carbons (Fsp3) is 0.917. The van der Waals surface area contributed by atoms with Crippen molar-refractivity contribution in [3.05, 3.63) is 0 Å². The van der Waals surface area contributed by atoms with Crippen LogP contribution in [0.4, 0.5) is 0 Å². The Hall–Kier alpha value is 0.100. The highest BCUT2D eigenvalue weighted by Crippen LogP contribution is 2.21. The first kappa shape index (κ1) is 14.1. The third kappa shape index (κ3) is 6.54. The minimum absolute atomic E-state index is 0.689. The van der Waals surface area contributed by atoms with Crippen molar-refractivity contribution in [1.29, 1.82) is 0 Å². The second-order valence-corrected chi connectivity index (χ2v) is 5.37. The van der Waals surface area contributed by atoms with Crippen LogP contribution in [0.5, 0.6) is 0 Å². The van der Waals surface area contributed by atoms with Crippen molar-refractivity contribution >= 4 is 14.4 Å². The van der Waals surface area contributed by atoms with E-state index in [0.29, 0.717) is 5.92 Å². The van der Waals surface area contributed by atoms with Crippen LogP contribution in [0.3, 0.4) is 0 Å². The summed E-state index contributed by atoms with van der Waals surface area (Å²) in [5.74, 6) is 1.48. The smallest absolute Gasteiger partial charge is 0.0192 e. The van der Waals surface area contributed by atoms with Crippen LogP contribution in [0.25, 0.3) is 0 Å². The fourth-order valence-corrected chi connectivity index (χ4v) is 2.23. The molecule has 0 bridgehead atoms. The molecule has 0 saturated carbocycles. The van der Waals surface area contributed by atoms with E-state index in [4.69, 9.17) is 4.76 Å². The van der Waals surface area contributed by atoms with E-state index in [1.165, 1.54) is 31.1 Å². The fourth-order valence-electron chi connectivity index (χ4n) is 1.23. The Balaban J connectivity index is 4.04. The Bertz CT molecular complexity index is 164. The molecule has 0 aliphatic heterocycles. The van der Waals surface area contributed by atoms with Crippen LogP contribution < -0.4 is 0 Å². The van der Waals surface area contributed by atoms with E-state index in [0.717, 1.165) is 14.6 Å². The van der Waals surface area contributed by atoms with Gasteiger partial charge in [0.25, 0.3) is 0 Å². The summed E-state index contributed by atoms with van der Waals surface area (Å²) < 4.78 is 4.77. The Morgan fingerprint density at radius 1 is 1.21 bits per heavy atom. The van der Waals surface area contributed by atoms with Crippen molar-refractivity contribution in [2.45, 2.75) is 53.9 Å².